The Morgan fingerprint density at radius 2 is 1.42 bits per heavy atom. The number of anilines is 1. The molecule has 0 aliphatic carbocycles. The number of barbiturate groups is 1. The largest absolute Gasteiger partial charge is 0.490 e. The summed E-state index contributed by atoms with van der Waals surface area (Å²) < 4.78 is 11.1. The summed E-state index contributed by atoms with van der Waals surface area (Å²) in [5.41, 5.74) is 1.72. The van der Waals surface area contributed by atoms with Crippen LogP contribution in [0, 0.1) is 17.0 Å². The topological polar surface area (TPSA) is 128 Å². The van der Waals surface area contributed by atoms with E-state index in [1.807, 2.05) is 6.92 Å². The molecule has 3 aromatic carbocycles. The number of nitrogens with zero attached hydrogens (tertiary/aromatic N) is 2. The Kier molecular flexibility index (Phi) is 7.05. The maximum Gasteiger partial charge on any atom is 0.335 e. The van der Waals surface area contributed by atoms with Crippen LogP contribution in [0.25, 0.3) is 6.08 Å². The van der Waals surface area contributed by atoms with Gasteiger partial charge in [-0.3, -0.25) is 25.0 Å². The van der Waals surface area contributed by atoms with Gasteiger partial charge in [-0.25, -0.2) is 9.69 Å². The molecule has 4 amide bonds. The Morgan fingerprint density at radius 3 is 1.97 bits per heavy atom. The van der Waals surface area contributed by atoms with Gasteiger partial charge in [-0.2, -0.15) is 0 Å². The fourth-order valence-corrected chi connectivity index (χ4v) is 3.40. The third kappa shape index (κ3) is 5.55. The first-order valence-corrected chi connectivity index (χ1v) is 10.9. The summed E-state index contributed by atoms with van der Waals surface area (Å²) in [4.78, 5) is 48.7. The average molecular weight is 487 g/mol. The second kappa shape index (κ2) is 10.5. The van der Waals surface area contributed by atoms with Gasteiger partial charge in [-0.05, 0) is 55.0 Å². The number of nitro benzene ring substituents is 1. The molecule has 36 heavy (non-hydrogen) atoms. The Labute approximate surface area is 205 Å². The number of benzene rings is 3. The predicted molar refractivity (Wildman–Crippen MR) is 131 cm³/mol. The molecule has 1 fully saturated rings. The lowest BCUT2D eigenvalue weighted by Gasteiger charge is -2.26. The summed E-state index contributed by atoms with van der Waals surface area (Å²) in [6.07, 6.45) is 1.41. The molecule has 1 saturated heterocycles. The zero-order valence-corrected chi connectivity index (χ0v) is 19.2. The smallest absolute Gasteiger partial charge is 0.335 e. The Hall–Kier alpha value is -4.99. The minimum Gasteiger partial charge on any atom is -0.490 e. The molecule has 1 aliphatic heterocycles. The van der Waals surface area contributed by atoms with E-state index in [9.17, 15) is 24.5 Å². The van der Waals surface area contributed by atoms with E-state index in [0.29, 0.717) is 22.7 Å². The van der Waals surface area contributed by atoms with Crippen molar-refractivity contribution in [1.82, 2.24) is 5.32 Å². The second-order valence-electron chi connectivity index (χ2n) is 7.81. The maximum atomic E-state index is 13.0. The SMILES string of the molecule is Cc1ccc(N2C(=O)NC(=O)/C(=C/c3ccc(OCCOc4ccc([N+](=O)[O-])cc4)cc3)C2=O)cc1. The molecule has 0 unspecified atom stereocenters. The van der Waals surface area contributed by atoms with Gasteiger partial charge in [0.2, 0.25) is 0 Å². The number of hydrogen-bond acceptors (Lipinski definition) is 7. The van der Waals surface area contributed by atoms with Crippen molar-refractivity contribution >= 4 is 35.3 Å². The molecule has 1 heterocycles. The molecule has 1 N–H and O–H groups in total. The number of amides is 4. The summed E-state index contributed by atoms with van der Waals surface area (Å²) in [6, 6.07) is 18.4. The minimum atomic E-state index is -0.800. The molecule has 0 atom stereocenters. The van der Waals surface area contributed by atoms with Crippen LogP contribution < -0.4 is 19.7 Å². The van der Waals surface area contributed by atoms with E-state index in [2.05, 4.69) is 5.32 Å². The van der Waals surface area contributed by atoms with Crippen LogP contribution in [0.5, 0.6) is 11.5 Å². The number of nitrogens with one attached hydrogen (secondary N) is 1. The maximum absolute atomic E-state index is 13.0. The third-order valence-corrected chi connectivity index (χ3v) is 5.25. The molecule has 0 bridgehead atoms. The van der Waals surface area contributed by atoms with Crippen LogP contribution in [0.1, 0.15) is 11.1 Å². The number of ether oxygens (including phenoxy) is 2. The molecule has 0 spiro atoms. The highest BCUT2D eigenvalue weighted by Gasteiger charge is 2.36. The first-order chi connectivity index (χ1) is 17.3. The predicted octanol–water partition coefficient (Wildman–Crippen LogP) is 4.03. The van der Waals surface area contributed by atoms with Crippen molar-refractivity contribution in [3.8, 4) is 11.5 Å². The molecule has 182 valence electrons. The number of urea groups is 1. The summed E-state index contributed by atoms with van der Waals surface area (Å²) in [6.45, 7) is 2.34. The Bertz CT molecular complexity index is 1330. The molecule has 10 nitrogen and oxygen atoms in total. The van der Waals surface area contributed by atoms with Crippen molar-refractivity contribution in [2.75, 3.05) is 18.1 Å². The van der Waals surface area contributed by atoms with E-state index in [1.54, 1.807) is 48.5 Å². The number of nitro groups is 1. The van der Waals surface area contributed by atoms with Gasteiger partial charge in [0.25, 0.3) is 17.5 Å². The molecule has 1 aliphatic rings. The Balaban J connectivity index is 1.36. The van der Waals surface area contributed by atoms with Gasteiger partial charge < -0.3 is 9.47 Å². The molecular weight excluding hydrogens is 466 g/mol. The normalized spacial score (nSPS) is 14.5. The van der Waals surface area contributed by atoms with Crippen molar-refractivity contribution in [3.05, 3.63) is 99.6 Å². The standard InChI is InChI=1S/C26H21N3O7/c1-17-2-6-19(7-3-17)28-25(31)23(24(30)27-26(28)32)16-18-4-10-21(11-5-18)35-14-15-36-22-12-8-20(9-13-22)29(33)34/h2-13,16H,14-15H2,1H3,(H,27,30,32)/b23-16-. The van der Waals surface area contributed by atoms with Gasteiger partial charge in [0.05, 0.1) is 10.6 Å². The van der Waals surface area contributed by atoms with Crippen molar-refractivity contribution in [1.29, 1.82) is 0 Å². The highest BCUT2D eigenvalue weighted by molar-refractivity contribution is 6.39. The van der Waals surface area contributed by atoms with E-state index in [4.69, 9.17) is 9.47 Å². The van der Waals surface area contributed by atoms with Crippen molar-refractivity contribution in [3.63, 3.8) is 0 Å². The zero-order chi connectivity index (χ0) is 25.7. The summed E-state index contributed by atoms with van der Waals surface area (Å²) in [5.74, 6) is -0.450. The number of aryl methyl sites for hydroxylation is 1. The Morgan fingerprint density at radius 1 is 0.861 bits per heavy atom. The number of hydrogen-bond donors (Lipinski definition) is 1. The second-order valence-corrected chi connectivity index (χ2v) is 7.81. The minimum absolute atomic E-state index is 0.0180. The third-order valence-electron chi connectivity index (χ3n) is 5.25. The molecule has 0 radical (unpaired) electrons. The van der Waals surface area contributed by atoms with Gasteiger partial charge >= 0.3 is 6.03 Å². The summed E-state index contributed by atoms with van der Waals surface area (Å²) in [5, 5.41) is 12.9. The highest BCUT2D eigenvalue weighted by atomic mass is 16.6. The molecule has 4 rings (SSSR count). The molecule has 3 aromatic rings. The number of imide groups is 2. The van der Waals surface area contributed by atoms with Crippen molar-refractivity contribution in [2.24, 2.45) is 0 Å². The van der Waals surface area contributed by atoms with Crippen LogP contribution in [-0.4, -0.2) is 36.0 Å². The van der Waals surface area contributed by atoms with Crippen LogP contribution in [0.15, 0.2) is 78.4 Å². The summed E-state index contributed by atoms with van der Waals surface area (Å²) >= 11 is 0. The number of carbonyl (C=O) groups is 3. The first-order valence-electron chi connectivity index (χ1n) is 10.9. The monoisotopic (exact) mass is 487 g/mol. The lowest BCUT2D eigenvalue weighted by Crippen LogP contribution is -2.54. The number of carbonyl (C=O) groups excluding carboxylic acids is 3. The highest BCUT2D eigenvalue weighted by Crippen LogP contribution is 2.23. The van der Waals surface area contributed by atoms with Gasteiger partial charge in [0.1, 0.15) is 30.3 Å². The van der Waals surface area contributed by atoms with Crippen LogP contribution >= 0.6 is 0 Å². The fourth-order valence-electron chi connectivity index (χ4n) is 3.40. The lowest BCUT2D eigenvalue weighted by molar-refractivity contribution is -0.384. The fraction of sp³-hybridized carbons (Fsp3) is 0.115. The first kappa shape index (κ1) is 24.1. The molecular formula is C26H21N3O7. The zero-order valence-electron chi connectivity index (χ0n) is 19.2. The van der Waals surface area contributed by atoms with Crippen LogP contribution in [0.4, 0.5) is 16.2 Å². The van der Waals surface area contributed by atoms with Crippen LogP contribution in [0.2, 0.25) is 0 Å². The van der Waals surface area contributed by atoms with E-state index < -0.39 is 22.8 Å². The molecule has 0 saturated carbocycles. The van der Waals surface area contributed by atoms with Crippen LogP contribution in [-0.2, 0) is 9.59 Å². The molecule has 0 aromatic heterocycles. The van der Waals surface area contributed by atoms with Crippen LogP contribution in [0.3, 0.4) is 0 Å². The number of rotatable bonds is 8. The van der Waals surface area contributed by atoms with E-state index in [-0.39, 0.29) is 24.5 Å². The van der Waals surface area contributed by atoms with E-state index in [1.165, 1.54) is 30.3 Å². The van der Waals surface area contributed by atoms with Gasteiger partial charge in [0, 0.05) is 12.1 Å². The van der Waals surface area contributed by atoms with E-state index in [0.717, 1.165) is 10.5 Å². The quantitative estimate of drug-likeness (QED) is 0.167. The average Bonchev–Trinajstić information content (AvgIpc) is 2.86. The van der Waals surface area contributed by atoms with E-state index >= 15 is 0 Å². The van der Waals surface area contributed by atoms with Gasteiger partial charge in [-0.1, -0.05) is 29.8 Å². The van der Waals surface area contributed by atoms with Gasteiger partial charge in [-0.15, -0.1) is 0 Å². The summed E-state index contributed by atoms with van der Waals surface area (Å²) in [7, 11) is 0. The van der Waals surface area contributed by atoms with Gasteiger partial charge in [0.15, 0.2) is 0 Å². The van der Waals surface area contributed by atoms with Crippen molar-refractivity contribution < 1.29 is 28.8 Å². The molecule has 10 heteroatoms. The number of non-ortho nitro benzene ring substituents is 1. The lowest BCUT2D eigenvalue weighted by atomic mass is 10.1. The van der Waals surface area contributed by atoms with Crippen molar-refractivity contribution in [2.45, 2.75) is 6.92 Å².